The number of aromatic hydroxyl groups is 1. The SMILES string of the molecule is Nc1ccc(O)c(CSc2ccc3c(c2)CCC3)c1. The summed E-state index contributed by atoms with van der Waals surface area (Å²) in [6.45, 7) is 0. The molecule has 0 saturated heterocycles. The third kappa shape index (κ3) is 2.71. The highest BCUT2D eigenvalue weighted by molar-refractivity contribution is 7.98. The Morgan fingerprint density at radius 2 is 1.89 bits per heavy atom. The molecule has 98 valence electrons. The molecule has 0 saturated carbocycles. The summed E-state index contributed by atoms with van der Waals surface area (Å²) < 4.78 is 0. The van der Waals surface area contributed by atoms with Crippen LogP contribution < -0.4 is 5.73 Å². The van der Waals surface area contributed by atoms with Gasteiger partial charge >= 0.3 is 0 Å². The van der Waals surface area contributed by atoms with Gasteiger partial charge in [0.15, 0.2) is 0 Å². The molecule has 0 aliphatic heterocycles. The van der Waals surface area contributed by atoms with Gasteiger partial charge in [-0.15, -0.1) is 11.8 Å². The third-order valence-corrected chi connectivity index (χ3v) is 4.61. The molecule has 2 nitrogen and oxygen atoms in total. The second-order valence-corrected chi connectivity index (χ2v) is 6.01. The van der Waals surface area contributed by atoms with E-state index in [4.69, 9.17) is 5.73 Å². The van der Waals surface area contributed by atoms with Crippen LogP contribution >= 0.6 is 11.8 Å². The van der Waals surface area contributed by atoms with Crippen LogP contribution in [0.3, 0.4) is 0 Å². The van der Waals surface area contributed by atoms with Gasteiger partial charge in [0.25, 0.3) is 0 Å². The number of benzene rings is 2. The minimum Gasteiger partial charge on any atom is -0.508 e. The van der Waals surface area contributed by atoms with Gasteiger partial charge in [-0.2, -0.15) is 0 Å². The van der Waals surface area contributed by atoms with Crippen molar-refractivity contribution in [3.05, 3.63) is 53.1 Å². The second-order valence-electron chi connectivity index (χ2n) is 4.96. The number of aryl methyl sites for hydroxylation is 2. The van der Waals surface area contributed by atoms with Crippen LogP contribution in [0.1, 0.15) is 23.1 Å². The summed E-state index contributed by atoms with van der Waals surface area (Å²) in [5.74, 6) is 1.07. The fourth-order valence-electron chi connectivity index (χ4n) is 2.52. The highest BCUT2D eigenvalue weighted by Crippen LogP contribution is 2.31. The maximum Gasteiger partial charge on any atom is 0.119 e. The maximum absolute atomic E-state index is 9.80. The van der Waals surface area contributed by atoms with Crippen molar-refractivity contribution in [2.45, 2.75) is 29.9 Å². The largest absolute Gasteiger partial charge is 0.508 e. The van der Waals surface area contributed by atoms with Crippen molar-refractivity contribution in [1.29, 1.82) is 0 Å². The molecule has 3 N–H and O–H groups in total. The molecular formula is C16H17NOS. The van der Waals surface area contributed by atoms with E-state index in [0.717, 1.165) is 11.3 Å². The molecule has 0 bridgehead atoms. The van der Waals surface area contributed by atoms with Crippen LogP contribution in [-0.2, 0) is 18.6 Å². The van der Waals surface area contributed by atoms with Gasteiger partial charge in [0.2, 0.25) is 0 Å². The first kappa shape index (κ1) is 12.4. The van der Waals surface area contributed by atoms with Gasteiger partial charge < -0.3 is 10.8 Å². The molecule has 0 heterocycles. The maximum atomic E-state index is 9.80. The number of fused-ring (bicyclic) bond motifs is 1. The van der Waals surface area contributed by atoms with Gasteiger partial charge in [-0.1, -0.05) is 6.07 Å². The summed E-state index contributed by atoms with van der Waals surface area (Å²) in [5, 5.41) is 9.80. The Bertz CT molecular complexity index is 610. The van der Waals surface area contributed by atoms with E-state index >= 15 is 0 Å². The summed E-state index contributed by atoms with van der Waals surface area (Å²) in [6, 6.07) is 11.9. The van der Waals surface area contributed by atoms with Crippen LogP contribution in [0.25, 0.3) is 0 Å². The van der Waals surface area contributed by atoms with E-state index in [1.54, 1.807) is 23.9 Å². The number of phenols is 1. The minimum absolute atomic E-state index is 0.322. The van der Waals surface area contributed by atoms with Crippen LogP contribution in [-0.4, -0.2) is 5.11 Å². The number of hydrogen-bond acceptors (Lipinski definition) is 3. The van der Waals surface area contributed by atoms with Crippen molar-refractivity contribution in [2.24, 2.45) is 0 Å². The highest BCUT2D eigenvalue weighted by Gasteiger charge is 2.11. The van der Waals surface area contributed by atoms with Crippen molar-refractivity contribution in [3.8, 4) is 5.75 Å². The molecule has 3 heteroatoms. The Balaban J connectivity index is 1.74. The van der Waals surface area contributed by atoms with Gasteiger partial charge in [-0.25, -0.2) is 0 Å². The Hall–Kier alpha value is -1.61. The van der Waals surface area contributed by atoms with Crippen molar-refractivity contribution < 1.29 is 5.11 Å². The Morgan fingerprint density at radius 3 is 2.79 bits per heavy atom. The first-order valence-corrected chi connectivity index (χ1v) is 7.53. The molecule has 1 aliphatic carbocycles. The topological polar surface area (TPSA) is 46.2 Å². The lowest BCUT2D eigenvalue weighted by molar-refractivity contribution is 0.471. The average molecular weight is 271 g/mol. The van der Waals surface area contributed by atoms with Crippen LogP contribution in [0.2, 0.25) is 0 Å². The zero-order valence-corrected chi connectivity index (χ0v) is 11.5. The summed E-state index contributed by atoms with van der Waals surface area (Å²) >= 11 is 1.75. The Labute approximate surface area is 117 Å². The number of anilines is 1. The van der Waals surface area contributed by atoms with Crippen molar-refractivity contribution in [2.75, 3.05) is 5.73 Å². The molecule has 0 amide bonds. The first-order valence-electron chi connectivity index (χ1n) is 6.54. The minimum atomic E-state index is 0.322. The first-order chi connectivity index (χ1) is 9.22. The lowest BCUT2D eigenvalue weighted by Crippen LogP contribution is -1.89. The summed E-state index contributed by atoms with van der Waals surface area (Å²) in [5.41, 5.74) is 10.3. The van der Waals surface area contributed by atoms with E-state index in [0.29, 0.717) is 11.4 Å². The smallest absolute Gasteiger partial charge is 0.119 e. The quantitative estimate of drug-likeness (QED) is 0.507. The van der Waals surface area contributed by atoms with E-state index in [1.807, 2.05) is 6.07 Å². The summed E-state index contributed by atoms with van der Waals surface area (Å²) in [6.07, 6.45) is 3.70. The molecule has 0 radical (unpaired) electrons. The molecule has 0 spiro atoms. The van der Waals surface area contributed by atoms with E-state index < -0.39 is 0 Å². The van der Waals surface area contributed by atoms with Crippen LogP contribution in [0.5, 0.6) is 5.75 Å². The predicted molar refractivity (Wildman–Crippen MR) is 80.5 cm³/mol. The summed E-state index contributed by atoms with van der Waals surface area (Å²) in [4.78, 5) is 1.27. The summed E-state index contributed by atoms with van der Waals surface area (Å²) in [7, 11) is 0. The number of phenolic OH excluding ortho intramolecular Hbond substituents is 1. The van der Waals surface area contributed by atoms with Crippen molar-refractivity contribution >= 4 is 17.4 Å². The molecule has 2 aromatic rings. The Morgan fingerprint density at radius 1 is 1.05 bits per heavy atom. The normalized spacial score (nSPS) is 13.5. The molecule has 3 rings (SSSR count). The Kier molecular flexibility index (Phi) is 3.38. The molecule has 2 aromatic carbocycles. The van der Waals surface area contributed by atoms with E-state index in [2.05, 4.69) is 18.2 Å². The number of nitrogens with two attached hydrogens (primary N) is 1. The fourth-order valence-corrected chi connectivity index (χ4v) is 3.46. The van der Waals surface area contributed by atoms with Crippen molar-refractivity contribution in [3.63, 3.8) is 0 Å². The number of rotatable bonds is 3. The van der Waals surface area contributed by atoms with Crippen LogP contribution in [0.4, 0.5) is 5.69 Å². The van der Waals surface area contributed by atoms with Crippen LogP contribution in [0.15, 0.2) is 41.3 Å². The van der Waals surface area contributed by atoms with Crippen molar-refractivity contribution in [1.82, 2.24) is 0 Å². The fraction of sp³-hybridized carbons (Fsp3) is 0.250. The molecule has 0 aromatic heterocycles. The second kappa shape index (κ2) is 5.17. The molecule has 0 unspecified atom stereocenters. The molecule has 0 fully saturated rings. The average Bonchev–Trinajstić information content (AvgIpc) is 2.87. The van der Waals surface area contributed by atoms with Crippen LogP contribution in [0, 0.1) is 0 Å². The zero-order chi connectivity index (χ0) is 13.2. The number of nitrogen functional groups attached to an aromatic ring is 1. The number of thioether (sulfide) groups is 1. The van der Waals surface area contributed by atoms with Gasteiger partial charge in [-0.3, -0.25) is 0 Å². The third-order valence-electron chi connectivity index (χ3n) is 3.57. The zero-order valence-electron chi connectivity index (χ0n) is 10.7. The lowest BCUT2D eigenvalue weighted by atomic mass is 10.1. The van der Waals surface area contributed by atoms with E-state index in [9.17, 15) is 5.11 Å². The molecule has 0 atom stereocenters. The van der Waals surface area contributed by atoms with Gasteiger partial charge in [0, 0.05) is 21.9 Å². The lowest BCUT2D eigenvalue weighted by Gasteiger charge is -2.07. The number of hydrogen-bond donors (Lipinski definition) is 2. The standard InChI is InChI=1S/C16H17NOS/c17-14-5-7-16(18)13(8-14)10-19-15-6-4-11-2-1-3-12(11)9-15/h4-9,18H,1-3,10,17H2. The van der Waals surface area contributed by atoms with E-state index in [1.165, 1.54) is 35.3 Å². The van der Waals surface area contributed by atoms with Gasteiger partial charge in [0.05, 0.1) is 0 Å². The molecule has 1 aliphatic rings. The van der Waals surface area contributed by atoms with Gasteiger partial charge in [0.1, 0.15) is 5.75 Å². The molecular weight excluding hydrogens is 254 g/mol. The highest BCUT2D eigenvalue weighted by atomic mass is 32.2. The molecule has 19 heavy (non-hydrogen) atoms. The monoisotopic (exact) mass is 271 g/mol. The van der Waals surface area contributed by atoms with Gasteiger partial charge in [-0.05, 0) is 60.7 Å². The predicted octanol–water partition coefficient (Wildman–Crippen LogP) is 3.76. The van der Waals surface area contributed by atoms with E-state index in [-0.39, 0.29) is 0 Å².